The van der Waals surface area contributed by atoms with Crippen LogP contribution < -0.4 is 15.4 Å². The highest BCUT2D eigenvalue weighted by atomic mass is 32.2. The second-order valence-electron chi connectivity index (χ2n) is 12.1. The number of amides is 2. The van der Waals surface area contributed by atoms with E-state index in [0.717, 1.165) is 17.4 Å². The highest BCUT2D eigenvalue weighted by molar-refractivity contribution is 7.90. The maximum absolute atomic E-state index is 13.7. The topological polar surface area (TPSA) is 160 Å². The number of benzene rings is 2. The Labute approximate surface area is 262 Å². The zero-order chi connectivity index (χ0) is 31.7. The molecule has 4 heterocycles. The molecule has 45 heavy (non-hydrogen) atoms. The maximum Gasteiger partial charge on any atom is 0.255 e. The number of rotatable bonds is 4. The fourth-order valence-corrected chi connectivity index (χ4v) is 6.92. The number of hydrogen-bond acceptors (Lipinski definition) is 10. The van der Waals surface area contributed by atoms with Gasteiger partial charge in [0.1, 0.15) is 17.6 Å². The van der Waals surface area contributed by atoms with Crippen molar-refractivity contribution in [2.45, 2.75) is 74.4 Å². The number of aryl methyl sites for hydroxylation is 1. The van der Waals surface area contributed by atoms with E-state index in [1.807, 2.05) is 11.0 Å². The molecule has 12 nitrogen and oxygen atoms in total. The summed E-state index contributed by atoms with van der Waals surface area (Å²) in [5.74, 6) is 0.531. The molecule has 6 rings (SSSR count). The molecule has 2 aromatic carbocycles. The molecule has 3 aliphatic heterocycles. The summed E-state index contributed by atoms with van der Waals surface area (Å²) in [4.78, 5) is 29.3. The molecule has 0 spiro atoms. The minimum absolute atomic E-state index is 0.173. The van der Waals surface area contributed by atoms with Crippen molar-refractivity contribution in [3.63, 3.8) is 0 Å². The van der Waals surface area contributed by atoms with Crippen molar-refractivity contribution in [3.05, 3.63) is 65.5 Å². The molecule has 3 aliphatic rings. The van der Waals surface area contributed by atoms with Crippen LogP contribution in [-0.2, 0) is 25.9 Å². The Morgan fingerprint density at radius 2 is 1.82 bits per heavy atom. The molecule has 1 aromatic heterocycles. The first-order chi connectivity index (χ1) is 21.5. The Balaban J connectivity index is 1.29. The van der Waals surface area contributed by atoms with Crippen LogP contribution in [0.25, 0.3) is 11.1 Å². The van der Waals surface area contributed by atoms with E-state index in [-0.39, 0.29) is 42.0 Å². The van der Waals surface area contributed by atoms with Crippen LogP contribution in [-0.4, -0.2) is 91.7 Å². The van der Waals surface area contributed by atoms with Crippen LogP contribution >= 0.6 is 0 Å². The third-order valence-corrected chi connectivity index (χ3v) is 9.81. The van der Waals surface area contributed by atoms with Crippen molar-refractivity contribution in [2.24, 2.45) is 0 Å². The number of likely N-dealkylation sites (tertiary alicyclic amines) is 1. The number of nitrogens with one attached hydrogen (secondary N) is 2. The Kier molecular flexibility index (Phi) is 8.96. The SMILES string of the molecule is Cc1cc(CN2C[C@@H]3C[C@H]2C(=O)NC[C@H]2O[C@H](CCOc4cc(-c5ccc(S(C)(=O)=O)cc5)ccc4C(=O)N3)CC[C@@H]2O)no1. The molecule has 2 saturated heterocycles. The van der Waals surface area contributed by atoms with Crippen LogP contribution in [0.5, 0.6) is 5.75 Å². The Bertz CT molecular complexity index is 1660. The predicted octanol–water partition coefficient (Wildman–Crippen LogP) is 2.23. The summed E-state index contributed by atoms with van der Waals surface area (Å²) in [7, 11) is -3.34. The lowest BCUT2D eigenvalue weighted by Crippen LogP contribution is -2.50. The molecule has 3 aromatic rings. The van der Waals surface area contributed by atoms with Gasteiger partial charge >= 0.3 is 0 Å². The van der Waals surface area contributed by atoms with E-state index in [9.17, 15) is 23.1 Å². The third kappa shape index (κ3) is 7.22. The molecule has 4 bridgehead atoms. The van der Waals surface area contributed by atoms with Gasteiger partial charge in [0.25, 0.3) is 5.91 Å². The first-order valence-corrected chi connectivity index (χ1v) is 17.1. The lowest BCUT2D eigenvalue weighted by Gasteiger charge is -2.34. The lowest BCUT2D eigenvalue weighted by molar-refractivity contribution is -0.133. The van der Waals surface area contributed by atoms with Crippen molar-refractivity contribution >= 4 is 21.7 Å². The van der Waals surface area contributed by atoms with Crippen LogP contribution in [0.1, 0.15) is 47.5 Å². The van der Waals surface area contributed by atoms with Gasteiger partial charge < -0.3 is 29.7 Å². The number of aliphatic hydroxyl groups excluding tert-OH is 1. The number of hydrogen-bond donors (Lipinski definition) is 3. The molecule has 2 fully saturated rings. The van der Waals surface area contributed by atoms with Gasteiger partial charge in [-0.1, -0.05) is 23.4 Å². The van der Waals surface area contributed by atoms with Crippen LogP contribution in [0.15, 0.2) is 57.9 Å². The Morgan fingerprint density at radius 3 is 2.56 bits per heavy atom. The van der Waals surface area contributed by atoms with E-state index < -0.39 is 28.1 Å². The maximum atomic E-state index is 13.7. The molecule has 2 amide bonds. The van der Waals surface area contributed by atoms with Gasteiger partial charge in [-0.25, -0.2) is 8.42 Å². The smallest absolute Gasteiger partial charge is 0.255 e. The van der Waals surface area contributed by atoms with Gasteiger partial charge in [0, 0.05) is 44.4 Å². The molecule has 3 N–H and O–H groups in total. The monoisotopic (exact) mass is 638 g/mol. The van der Waals surface area contributed by atoms with E-state index in [0.29, 0.717) is 61.5 Å². The minimum atomic E-state index is -3.34. The number of sulfone groups is 1. The number of aromatic nitrogens is 1. The first-order valence-electron chi connectivity index (χ1n) is 15.2. The number of ether oxygens (including phenoxy) is 2. The lowest BCUT2D eigenvalue weighted by atomic mass is 9.99. The standard InChI is InChI=1S/C32H38N4O8S/c1-19-13-23(35-44-19)18-36-17-22-15-27(36)32(39)33-16-30-28(37)10-6-24(43-30)11-12-42-29-14-21(5-9-26(29)31(38)34-22)20-3-7-25(8-4-20)45(2,40)41/h3-5,7-9,13-14,22,24,27-28,30,37H,6,10-12,15-18H2,1-2H3,(H,33,39)(H,34,38)/t22-,24-,27-,28-,30+/m0/s1. The average molecular weight is 639 g/mol. The zero-order valence-electron chi connectivity index (χ0n) is 25.3. The van der Waals surface area contributed by atoms with Crippen LogP contribution in [0.2, 0.25) is 0 Å². The van der Waals surface area contributed by atoms with Gasteiger partial charge in [0.2, 0.25) is 5.91 Å². The largest absolute Gasteiger partial charge is 0.493 e. The van der Waals surface area contributed by atoms with Crippen molar-refractivity contribution in [3.8, 4) is 16.9 Å². The van der Waals surface area contributed by atoms with Crippen LogP contribution in [0, 0.1) is 6.92 Å². The molecule has 0 radical (unpaired) electrons. The van der Waals surface area contributed by atoms with Crippen molar-refractivity contribution in [1.82, 2.24) is 20.7 Å². The second-order valence-corrected chi connectivity index (χ2v) is 14.1. The number of carbonyl (C=O) groups excluding carboxylic acids is 2. The number of carbonyl (C=O) groups is 2. The molecular formula is C32H38N4O8S. The Hall–Kier alpha value is -3.78. The summed E-state index contributed by atoms with van der Waals surface area (Å²) >= 11 is 0. The van der Waals surface area contributed by atoms with E-state index >= 15 is 0 Å². The quantitative estimate of drug-likeness (QED) is 0.387. The van der Waals surface area contributed by atoms with E-state index in [2.05, 4.69) is 15.8 Å². The van der Waals surface area contributed by atoms with Crippen LogP contribution in [0.3, 0.4) is 0 Å². The Morgan fingerprint density at radius 1 is 1.04 bits per heavy atom. The fraction of sp³-hybridized carbons (Fsp3) is 0.469. The molecule has 5 atom stereocenters. The molecular weight excluding hydrogens is 600 g/mol. The van der Waals surface area contributed by atoms with Gasteiger partial charge in [-0.3, -0.25) is 14.5 Å². The van der Waals surface area contributed by atoms with Gasteiger partial charge in [-0.15, -0.1) is 0 Å². The highest BCUT2D eigenvalue weighted by Crippen LogP contribution is 2.30. The fourth-order valence-electron chi connectivity index (χ4n) is 6.29. The summed E-state index contributed by atoms with van der Waals surface area (Å²) in [6, 6.07) is 12.8. The molecule has 0 unspecified atom stereocenters. The van der Waals surface area contributed by atoms with Crippen molar-refractivity contribution in [1.29, 1.82) is 0 Å². The summed E-state index contributed by atoms with van der Waals surface area (Å²) in [5.41, 5.74) is 2.58. The van der Waals surface area contributed by atoms with E-state index in [1.54, 1.807) is 49.4 Å². The number of aliphatic hydroxyl groups is 1. The highest BCUT2D eigenvalue weighted by Gasteiger charge is 2.39. The minimum Gasteiger partial charge on any atom is -0.493 e. The summed E-state index contributed by atoms with van der Waals surface area (Å²) < 4.78 is 41.5. The molecule has 13 heteroatoms. The first kappa shape index (κ1) is 31.2. The van der Waals surface area contributed by atoms with Gasteiger partial charge in [0.05, 0.1) is 41.0 Å². The number of nitrogens with zero attached hydrogens (tertiary/aromatic N) is 2. The zero-order valence-corrected chi connectivity index (χ0v) is 26.1. The molecule has 0 saturated carbocycles. The normalized spacial score (nSPS) is 26.4. The summed E-state index contributed by atoms with van der Waals surface area (Å²) in [6.07, 6.45) is 1.84. The van der Waals surface area contributed by atoms with Gasteiger partial charge in [-0.2, -0.15) is 0 Å². The third-order valence-electron chi connectivity index (χ3n) is 8.68. The van der Waals surface area contributed by atoms with E-state index in [1.165, 1.54) is 0 Å². The van der Waals surface area contributed by atoms with Crippen molar-refractivity contribution in [2.75, 3.05) is 26.0 Å². The summed E-state index contributed by atoms with van der Waals surface area (Å²) in [5, 5.41) is 20.8. The van der Waals surface area contributed by atoms with E-state index in [4.69, 9.17) is 14.0 Å². The van der Waals surface area contributed by atoms with Crippen molar-refractivity contribution < 1.29 is 37.1 Å². The molecule has 0 aliphatic carbocycles. The van der Waals surface area contributed by atoms with Gasteiger partial charge in [-0.05, 0) is 61.6 Å². The van der Waals surface area contributed by atoms with Crippen LogP contribution in [0.4, 0.5) is 0 Å². The number of fused-ring (bicyclic) bond motifs is 5. The second kappa shape index (κ2) is 12.9. The molecule has 240 valence electrons. The van der Waals surface area contributed by atoms with Gasteiger partial charge in [0.15, 0.2) is 9.84 Å². The summed E-state index contributed by atoms with van der Waals surface area (Å²) in [6.45, 7) is 3.03. The average Bonchev–Trinajstić information content (AvgIpc) is 3.61. The predicted molar refractivity (Wildman–Crippen MR) is 163 cm³/mol.